The first-order valence-corrected chi connectivity index (χ1v) is 8.78. The van der Waals surface area contributed by atoms with E-state index in [4.69, 9.17) is 16.3 Å². The molecule has 1 heterocycles. The topological polar surface area (TPSA) is 56.1 Å². The second-order valence-corrected chi connectivity index (χ2v) is 6.31. The summed E-state index contributed by atoms with van der Waals surface area (Å²) >= 11 is 6.05. The summed E-state index contributed by atoms with van der Waals surface area (Å²) in [6, 6.07) is 17.3. The Labute approximate surface area is 157 Å². The Morgan fingerprint density at radius 1 is 1.19 bits per heavy atom. The quantitative estimate of drug-likeness (QED) is 0.679. The maximum atomic E-state index is 12.3. The fourth-order valence-electron chi connectivity index (χ4n) is 2.47. The van der Waals surface area contributed by atoms with Crippen molar-refractivity contribution in [2.75, 3.05) is 5.32 Å². The van der Waals surface area contributed by atoms with Crippen LogP contribution < -0.4 is 10.1 Å². The molecule has 1 unspecified atom stereocenters. The van der Waals surface area contributed by atoms with Gasteiger partial charge in [0.15, 0.2) is 6.10 Å². The minimum Gasteiger partial charge on any atom is -0.479 e. The first kappa shape index (κ1) is 18.0. The lowest BCUT2D eigenvalue weighted by molar-refractivity contribution is -0.122. The Balaban J connectivity index is 1.53. The van der Waals surface area contributed by atoms with Gasteiger partial charge in [-0.2, -0.15) is 5.10 Å². The number of aryl methyl sites for hydroxylation is 2. The molecule has 1 aromatic heterocycles. The van der Waals surface area contributed by atoms with Gasteiger partial charge in [0.25, 0.3) is 5.91 Å². The van der Waals surface area contributed by atoms with Crippen molar-refractivity contribution in [2.24, 2.45) is 0 Å². The molecule has 0 radical (unpaired) electrons. The number of nitrogens with one attached hydrogen (secondary N) is 1. The van der Waals surface area contributed by atoms with Crippen molar-refractivity contribution >= 4 is 23.2 Å². The zero-order valence-electron chi connectivity index (χ0n) is 14.4. The van der Waals surface area contributed by atoms with E-state index in [1.165, 1.54) is 5.56 Å². The van der Waals surface area contributed by atoms with E-state index in [0.717, 1.165) is 13.0 Å². The largest absolute Gasteiger partial charge is 0.479 e. The molecule has 2 aromatic carbocycles. The summed E-state index contributed by atoms with van der Waals surface area (Å²) in [6.07, 6.45) is 3.64. The van der Waals surface area contributed by atoms with Crippen LogP contribution in [0.3, 0.4) is 0 Å². The fourth-order valence-corrected chi connectivity index (χ4v) is 2.65. The SMILES string of the molecule is CC(Oc1ccccc1Cl)C(=O)Nc1cnn(CCc2ccccc2)c1. The molecule has 5 nitrogen and oxygen atoms in total. The van der Waals surface area contributed by atoms with Crippen LogP contribution in [-0.2, 0) is 17.8 Å². The predicted molar refractivity (Wildman–Crippen MR) is 103 cm³/mol. The molecule has 0 bridgehead atoms. The van der Waals surface area contributed by atoms with Crippen LogP contribution in [0.15, 0.2) is 67.0 Å². The number of aromatic nitrogens is 2. The fraction of sp³-hybridized carbons (Fsp3) is 0.200. The molecule has 0 spiro atoms. The lowest BCUT2D eigenvalue weighted by Gasteiger charge is -2.14. The van der Waals surface area contributed by atoms with Gasteiger partial charge < -0.3 is 10.1 Å². The number of ether oxygens (including phenoxy) is 1. The van der Waals surface area contributed by atoms with E-state index in [1.54, 1.807) is 25.3 Å². The van der Waals surface area contributed by atoms with E-state index < -0.39 is 6.10 Å². The van der Waals surface area contributed by atoms with Gasteiger partial charge in [-0.1, -0.05) is 54.1 Å². The van der Waals surface area contributed by atoms with E-state index in [9.17, 15) is 4.79 Å². The normalized spacial score (nSPS) is 11.8. The Morgan fingerprint density at radius 2 is 1.92 bits per heavy atom. The Hall–Kier alpha value is -2.79. The average molecular weight is 370 g/mol. The van der Waals surface area contributed by atoms with Crippen LogP contribution in [0.4, 0.5) is 5.69 Å². The Morgan fingerprint density at radius 3 is 2.69 bits per heavy atom. The molecular formula is C20H20ClN3O2. The van der Waals surface area contributed by atoms with Crippen LogP contribution in [0.5, 0.6) is 5.75 Å². The van der Waals surface area contributed by atoms with Crippen molar-refractivity contribution in [3.63, 3.8) is 0 Å². The third-order valence-corrected chi connectivity index (χ3v) is 4.20. The third-order valence-electron chi connectivity index (χ3n) is 3.88. The third kappa shape index (κ3) is 4.86. The van der Waals surface area contributed by atoms with Gasteiger partial charge >= 0.3 is 0 Å². The van der Waals surface area contributed by atoms with Gasteiger partial charge in [0.2, 0.25) is 0 Å². The van der Waals surface area contributed by atoms with Crippen molar-refractivity contribution in [1.82, 2.24) is 9.78 Å². The van der Waals surface area contributed by atoms with Crippen LogP contribution in [-0.4, -0.2) is 21.8 Å². The van der Waals surface area contributed by atoms with E-state index in [2.05, 4.69) is 22.5 Å². The molecule has 0 saturated carbocycles. The smallest absolute Gasteiger partial charge is 0.265 e. The molecule has 26 heavy (non-hydrogen) atoms. The number of para-hydroxylation sites is 1. The van der Waals surface area contributed by atoms with Crippen LogP contribution in [0.25, 0.3) is 0 Å². The average Bonchev–Trinajstić information content (AvgIpc) is 3.10. The Kier molecular flexibility index (Phi) is 5.92. The molecule has 0 fully saturated rings. The molecule has 3 rings (SSSR count). The van der Waals surface area contributed by atoms with E-state index in [-0.39, 0.29) is 5.91 Å². The van der Waals surface area contributed by atoms with Gasteiger partial charge in [-0.3, -0.25) is 9.48 Å². The standard InChI is InChI=1S/C20H20ClN3O2/c1-15(26-19-10-6-5-9-18(19)21)20(25)23-17-13-22-24(14-17)12-11-16-7-3-2-4-8-16/h2-10,13-15H,11-12H2,1H3,(H,23,25). The lowest BCUT2D eigenvalue weighted by Crippen LogP contribution is -2.30. The summed E-state index contributed by atoms with van der Waals surface area (Å²) in [6.45, 7) is 2.42. The van der Waals surface area contributed by atoms with Crippen molar-refractivity contribution < 1.29 is 9.53 Å². The molecule has 0 saturated heterocycles. The Bertz CT molecular complexity index is 864. The molecule has 0 aliphatic rings. The highest BCUT2D eigenvalue weighted by Gasteiger charge is 2.16. The van der Waals surface area contributed by atoms with E-state index >= 15 is 0 Å². The maximum absolute atomic E-state index is 12.3. The van der Waals surface area contributed by atoms with Crippen molar-refractivity contribution in [1.29, 1.82) is 0 Å². The predicted octanol–water partition coefficient (Wildman–Crippen LogP) is 4.19. The summed E-state index contributed by atoms with van der Waals surface area (Å²) in [4.78, 5) is 12.3. The van der Waals surface area contributed by atoms with Crippen molar-refractivity contribution in [2.45, 2.75) is 26.0 Å². The maximum Gasteiger partial charge on any atom is 0.265 e. The van der Waals surface area contributed by atoms with Crippen LogP contribution in [0.1, 0.15) is 12.5 Å². The van der Waals surface area contributed by atoms with Crippen LogP contribution in [0, 0.1) is 0 Å². The van der Waals surface area contributed by atoms with Gasteiger partial charge in [-0.05, 0) is 31.0 Å². The van der Waals surface area contributed by atoms with Crippen LogP contribution in [0.2, 0.25) is 5.02 Å². The molecule has 6 heteroatoms. The molecule has 134 valence electrons. The minimum absolute atomic E-state index is 0.257. The number of carbonyl (C=O) groups excluding carboxylic acids is 1. The van der Waals surface area contributed by atoms with Gasteiger partial charge in [-0.25, -0.2) is 0 Å². The molecular weight excluding hydrogens is 350 g/mol. The number of hydrogen-bond acceptors (Lipinski definition) is 3. The zero-order valence-corrected chi connectivity index (χ0v) is 15.2. The summed E-state index contributed by atoms with van der Waals surface area (Å²) in [5.41, 5.74) is 1.88. The number of anilines is 1. The van der Waals surface area contributed by atoms with Gasteiger partial charge in [-0.15, -0.1) is 0 Å². The first-order valence-electron chi connectivity index (χ1n) is 8.40. The molecule has 3 aromatic rings. The van der Waals surface area contributed by atoms with Crippen molar-refractivity contribution in [3.8, 4) is 5.75 Å². The second kappa shape index (κ2) is 8.54. The lowest BCUT2D eigenvalue weighted by atomic mass is 10.1. The van der Waals surface area contributed by atoms with Gasteiger partial charge in [0, 0.05) is 12.7 Å². The minimum atomic E-state index is -0.678. The summed E-state index contributed by atoms with van der Waals surface area (Å²) < 4.78 is 7.43. The molecule has 0 aliphatic carbocycles. The summed E-state index contributed by atoms with van der Waals surface area (Å²) in [5, 5.41) is 7.56. The molecule has 1 amide bonds. The second-order valence-electron chi connectivity index (χ2n) is 5.91. The number of hydrogen-bond donors (Lipinski definition) is 1. The van der Waals surface area contributed by atoms with Gasteiger partial charge in [0.1, 0.15) is 5.75 Å². The van der Waals surface area contributed by atoms with Crippen LogP contribution >= 0.6 is 11.6 Å². The monoisotopic (exact) mass is 369 g/mol. The summed E-state index contributed by atoms with van der Waals surface area (Å²) in [7, 11) is 0. The zero-order chi connectivity index (χ0) is 18.4. The highest BCUT2D eigenvalue weighted by atomic mass is 35.5. The number of benzene rings is 2. The van der Waals surface area contributed by atoms with Crippen molar-refractivity contribution in [3.05, 3.63) is 77.6 Å². The van der Waals surface area contributed by atoms with E-state index in [0.29, 0.717) is 16.5 Å². The molecule has 1 N–H and O–H groups in total. The first-order chi connectivity index (χ1) is 12.6. The van der Waals surface area contributed by atoms with E-state index in [1.807, 2.05) is 41.2 Å². The molecule has 1 atom stereocenters. The number of amides is 1. The number of nitrogens with zero attached hydrogens (tertiary/aromatic N) is 2. The summed E-state index contributed by atoms with van der Waals surface area (Å²) in [5.74, 6) is 0.225. The van der Waals surface area contributed by atoms with Gasteiger partial charge in [0.05, 0.1) is 16.9 Å². The number of halogens is 1. The number of carbonyl (C=O) groups is 1. The molecule has 0 aliphatic heterocycles. The highest BCUT2D eigenvalue weighted by Crippen LogP contribution is 2.24. The number of rotatable bonds is 7. The highest BCUT2D eigenvalue weighted by molar-refractivity contribution is 6.32.